The first-order valence-electron chi connectivity index (χ1n) is 7.13. The van der Waals surface area contributed by atoms with Gasteiger partial charge in [0.05, 0.1) is 16.1 Å². The van der Waals surface area contributed by atoms with Crippen LogP contribution in [0.1, 0.15) is 43.7 Å². The molecule has 1 saturated carbocycles. The van der Waals surface area contributed by atoms with E-state index in [0.717, 1.165) is 19.0 Å². The number of hydrogen-bond acceptors (Lipinski definition) is 2. The van der Waals surface area contributed by atoms with Crippen molar-refractivity contribution < 1.29 is 0 Å². The second-order valence-corrected chi connectivity index (χ2v) is 6.56. The SMILES string of the molecule is NC1CCCCN(C2CC2)C1c1ccc(Cl)c(Cl)c1. The van der Waals surface area contributed by atoms with Gasteiger partial charge >= 0.3 is 0 Å². The van der Waals surface area contributed by atoms with Gasteiger partial charge in [-0.3, -0.25) is 4.90 Å². The lowest BCUT2D eigenvalue weighted by molar-refractivity contribution is 0.175. The zero-order chi connectivity index (χ0) is 13.4. The lowest BCUT2D eigenvalue weighted by Crippen LogP contribution is -2.41. The molecule has 1 heterocycles. The van der Waals surface area contributed by atoms with Crippen LogP contribution in [0, 0.1) is 0 Å². The Morgan fingerprint density at radius 2 is 1.84 bits per heavy atom. The van der Waals surface area contributed by atoms with E-state index in [0.29, 0.717) is 16.1 Å². The van der Waals surface area contributed by atoms with Gasteiger partial charge in [0.15, 0.2) is 0 Å². The zero-order valence-corrected chi connectivity index (χ0v) is 12.5. The average Bonchev–Trinajstić information content (AvgIpc) is 3.20. The lowest BCUT2D eigenvalue weighted by Gasteiger charge is -2.34. The largest absolute Gasteiger partial charge is 0.326 e. The first-order chi connectivity index (χ1) is 9.16. The van der Waals surface area contributed by atoms with Crippen molar-refractivity contribution in [1.29, 1.82) is 0 Å². The molecule has 2 unspecified atom stereocenters. The van der Waals surface area contributed by atoms with Gasteiger partial charge in [0.2, 0.25) is 0 Å². The summed E-state index contributed by atoms with van der Waals surface area (Å²) in [5.74, 6) is 0. The summed E-state index contributed by atoms with van der Waals surface area (Å²) >= 11 is 12.2. The monoisotopic (exact) mass is 298 g/mol. The third-order valence-electron chi connectivity index (χ3n) is 4.27. The van der Waals surface area contributed by atoms with Crippen molar-refractivity contribution in [2.45, 2.75) is 50.2 Å². The van der Waals surface area contributed by atoms with Gasteiger partial charge in [0.25, 0.3) is 0 Å². The van der Waals surface area contributed by atoms with E-state index in [1.54, 1.807) is 0 Å². The highest BCUT2D eigenvalue weighted by molar-refractivity contribution is 6.42. The van der Waals surface area contributed by atoms with Crippen LogP contribution in [0.3, 0.4) is 0 Å². The topological polar surface area (TPSA) is 29.3 Å². The highest BCUT2D eigenvalue weighted by Gasteiger charge is 2.38. The summed E-state index contributed by atoms with van der Waals surface area (Å²) in [6, 6.07) is 7.19. The Morgan fingerprint density at radius 1 is 1.05 bits per heavy atom. The molecule has 2 atom stereocenters. The molecule has 0 aromatic heterocycles. The van der Waals surface area contributed by atoms with Crippen LogP contribution in [0.4, 0.5) is 0 Å². The molecule has 1 aromatic rings. The molecule has 0 spiro atoms. The molecule has 0 amide bonds. The standard InChI is InChI=1S/C15H20Cl2N2/c16-12-7-4-10(9-13(12)17)15-14(18)3-1-2-8-19(15)11-5-6-11/h4,7,9,11,14-15H,1-3,5-6,8,18H2. The fourth-order valence-corrected chi connectivity index (χ4v) is 3.47. The maximum absolute atomic E-state index is 6.44. The molecule has 2 fully saturated rings. The predicted octanol–water partition coefficient (Wildman–Crippen LogP) is 4.01. The lowest BCUT2D eigenvalue weighted by atomic mass is 9.96. The van der Waals surface area contributed by atoms with E-state index in [1.165, 1.54) is 31.2 Å². The minimum Gasteiger partial charge on any atom is -0.326 e. The number of halogens is 2. The number of nitrogens with zero attached hydrogens (tertiary/aromatic N) is 1. The summed E-state index contributed by atoms with van der Waals surface area (Å²) in [5.41, 5.74) is 7.66. The summed E-state index contributed by atoms with van der Waals surface area (Å²) < 4.78 is 0. The molecular weight excluding hydrogens is 279 g/mol. The van der Waals surface area contributed by atoms with Gasteiger partial charge in [-0.2, -0.15) is 0 Å². The van der Waals surface area contributed by atoms with Gasteiger partial charge in [0, 0.05) is 12.1 Å². The fraction of sp³-hybridized carbons (Fsp3) is 0.600. The minimum absolute atomic E-state index is 0.195. The van der Waals surface area contributed by atoms with Crippen LogP contribution >= 0.6 is 23.2 Å². The molecule has 4 heteroatoms. The molecule has 1 aliphatic carbocycles. The van der Waals surface area contributed by atoms with Gasteiger partial charge in [-0.05, 0) is 49.9 Å². The first-order valence-corrected chi connectivity index (χ1v) is 7.88. The van der Waals surface area contributed by atoms with Crippen molar-refractivity contribution in [3.05, 3.63) is 33.8 Å². The molecule has 2 nitrogen and oxygen atoms in total. The van der Waals surface area contributed by atoms with Gasteiger partial charge in [-0.15, -0.1) is 0 Å². The van der Waals surface area contributed by atoms with E-state index in [1.807, 2.05) is 12.1 Å². The van der Waals surface area contributed by atoms with Gasteiger partial charge in [0.1, 0.15) is 0 Å². The van der Waals surface area contributed by atoms with Crippen molar-refractivity contribution in [2.24, 2.45) is 5.73 Å². The normalized spacial score (nSPS) is 29.2. The van der Waals surface area contributed by atoms with E-state index in [4.69, 9.17) is 28.9 Å². The molecule has 3 rings (SSSR count). The van der Waals surface area contributed by atoms with E-state index in [-0.39, 0.29) is 6.04 Å². The second-order valence-electron chi connectivity index (χ2n) is 5.75. The highest BCUT2D eigenvalue weighted by Crippen LogP contribution is 2.39. The Labute approximate surface area is 124 Å². The average molecular weight is 299 g/mol. The highest BCUT2D eigenvalue weighted by atomic mass is 35.5. The third kappa shape index (κ3) is 2.92. The van der Waals surface area contributed by atoms with Crippen LogP contribution in [0.2, 0.25) is 10.0 Å². The molecule has 2 N–H and O–H groups in total. The number of nitrogens with two attached hydrogens (primary N) is 1. The molecule has 1 aliphatic heterocycles. The second kappa shape index (κ2) is 5.61. The van der Waals surface area contributed by atoms with Crippen molar-refractivity contribution in [3.63, 3.8) is 0 Å². The molecule has 19 heavy (non-hydrogen) atoms. The van der Waals surface area contributed by atoms with Gasteiger partial charge in [-0.25, -0.2) is 0 Å². The van der Waals surface area contributed by atoms with Crippen molar-refractivity contribution in [3.8, 4) is 0 Å². The molecular formula is C15H20Cl2N2. The molecule has 1 saturated heterocycles. The van der Waals surface area contributed by atoms with Crippen LogP contribution < -0.4 is 5.73 Å². The Bertz CT molecular complexity index is 459. The third-order valence-corrected chi connectivity index (χ3v) is 5.01. The summed E-state index contributed by atoms with van der Waals surface area (Å²) in [6.45, 7) is 1.16. The van der Waals surface area contributed by atoms with Gasteiger partial charge in [-0.1, -0.05) is 35.7 Å². The minimum atomic E-state index is 0.195. The van der Waals surface area contributed by atoms with Crippen molar-refractivity contribution in [1.82, 2.24) is 4.90 Å². The molecule has 2 aliphatic rings. The quantitative estimate of drug-likeness (QED) is 0.894. The van der Waals surface area contributed by atoms with E-state index >= 15 is 0 Å². The molecule has 1 aromatic carbocycles. The van der Waals surface area contributed by atoms with E-state index in [2.05, 4.69) is 11.0 Å². The van der Waals surface area contributed by atoms with Crippen LogP contribution in [-0.4, -0.2) is 23.5 Å². The predicted molar refractivity (Wildman–Crippen MR) is 80.8 cm³/mol. The Balaban J connectivity index is 1.93. The van der Waals surface area contributed by atoms with E-state index in [9.17, 15) is 0 Å². The summed E-state index contributed by atoms with van der Waals surface area (Å²) in [6.07, 6.45) is 6.19. The molecule has 0 bridgehead atoms. The van der Waals surface area contributed by atoms with Crippen molar-refractivity contribution in [2.75, 3.05) is 6.54 Å². The summed E-state index contributed by atoms with van der Waals surface area (Å²) in [7, 11) is 0. The van der Waals surface area contributed by atoms with Crippen LogP contribution in [0.5, 0.6) is 0 Å². The van der Waals surface area contributed by atoms with Gasteiger partial charge < -0.3 is 5.73 Å². The number of benzene rings is 1. The van der Waals surface area contributed by atoms with E-state index < -0.39 is 0 Å². The molecule has 0 radical (unpaired) electrons. The molecule has 104 valence electrons. The number of likely N-dealkylation sites (tertiary alicyclic amines) is 1. The summed E-state index contributed by atoms with van der Waals surface area (Å²) in [5, 5.41) is 1.25. The first kappa shape index (κ1) is 13.7. The summed E-state index contributed by atoms with van der Waals surface area (Å²) in [4.78, 5) is 2.59. The van der Waals surface area contributed by atoms with Crippen LogP contribution in [-0.2, 0) is 0 Å². The zero-order valence-electron chi connectivity index (χ0n) is 11.0. The smallest absolute Gasteiger partial charge is 0.0595 e. The number of hydrogen-bond donors (Lipinski definition) is 1. The maximum atomic E-state index is 6.44. The Morgan fingerprint density at radius 3 is 2.53 bits per heavy atom. The Hall–Kier alpha value is -0.280. The number of rotatable bonds is 2. The Kier molecular flexibility index (Phi) is 4.04. The van der Waals surface area contributed by atoms with Crippen molar-refractivity contribution >= 4 is 23.2 Å². The van der Waals surface area contributed by atoms with Crippen LogP contribution in [0.25, 0.3) is 0 Å². The maximum Gasteiger partial charge on any atom is 0.0595 e. The fourth-order valence-electron chi connectivity index (χ4n) is 3.17. The van der Waals surface area contributed by atoms with Crippen LogP contribution in [0.15, 0.2) is 18.2 Å².